The van der Waals surface area contributed by atoms with Crippen LogP contribution >= 0.6 is 22.9 Å². The van der Waals surface area contributed by atoms with Gasteiger partial charge in [-0.15, -0.1) is 22.9 Å². The summed E-state index contributed by atoms with van der Waals surface area (Å²) in [4.78, 5) is 13.5. The van der Waals surface area contributed by atoms with Gasteiger partial charge in [0, 0.05) is 23.3 Å². The van der Waals surface area contributed by atoms with Crippen molar-refractivity contribution < 1.29 is 0 Å². The zero-order valence-corrected chi connectivity index (χ0v) is 12.6. The van der Waals surface area contributed by atoms with Crippen LogP contribution in [-0.4, -0.2) is 28.4 Å². The molecule has 0 aliphatic heterocycles. The van der Waals surface area contributed by atoms with Crippen LogP contribution in [0.4, 0.5) is 5.82 Å². The van der Waals surface area contributed by atoms with E-state index in [0.29, 0.717) is 11.9 Å². The van der Waals surface area contributed by atoms with Gasteiger partial charge in [0.15, 0.2) is 0 Å². The van der Waals surface area contributed by atoms with Gasteiger partial charge in [0.1, 0.15) is 17.0 Å². The molecule has 0 N–H and O–H groups in total. The van der Waals surface area contributed by atoms with E-state index in [9.17, 15) is 0 Å². The van der Waals surface area contributed by atoms with Gasteiger partial charge in [0.25, 0.3) is 0 Å². The summed E-state index contributed by atoms with van der Waals surface area (Å²) >= 11 is 7.64. The number of thiophene rings is 1. The third-order valence-electron chi connectivity index (χ3n) is 2.93. The van der Waals surface area contributed by atoms with Crippen LogP contribution in [-0.2, 0) is 6.42 Å². The Morgan fingerprint density at radius 1 is 1.39 bits per heavy atom. The number of aromatic nitrogens is 2. The van der Waals surface area contributed by atoms with E-state index in [1.54, 1.807) is 17.7 Å². The lowest BCUT2D eigenvalue weighted by atomic mass is 10.2. The molecule has 0 unspecified atom stereocenters. The van der Waals surface area contributed by atoms with E-state index in [4.69, 9.17) is 11.6 Å². The highest BCUT2D eigenvalue weighted by Crippen LogP contribution is 2.31. The van der Waals surface area contributed by atoms with Crippen LogP contribution in [0.15, 0.2) is 12.4 Å². The first-order valence-corrected chi connectivity index (χ1v) is 7.58. The van der Waals surface area contributed by atoms with Crippen LogP contribution in [0.1, 0.15) is 25.6 Å². The molecular weight excluding hydrogens is 266 g/mol. The van der Waals surface area contributed by atoms with E-state index in [1.807, 2.05) is 0 Å². The number of nitrogens with zero attached hydrogens (tertiary/aromatic N) is 3. The summed E-state index contributed by atoms with van der Waals surface area (Å²) in [7, 11) is 0. The molecule has 18 heavy (non-hydrogen) atoms. The van der Waals surface area contributed by atoms with Crippen molar-refractivity contribution in [3.05, 3.63) is 17.3 Å². The van der Waals surface area contributed by atoms with Gasteiger partial charge in [-0.05, 0) is 26.3 Å². The average Bonchev–Trinajstić information content (AvgIpc) is 2.78. The van der Waals surface area contributed by atoms with E-state index >= 15 is 0 Å². The third kappa shape index (κ3) is 2.59. The molecule has 2 aromatic heterocycles. The number of hydrogen-bond donors (Lipinski definition) is 0. The smallest absolute Gasteiger partial charge is 0.141 e. The van der Waals surface area contributed by atoms with E-state index in [0.717, 1.165) is 29.0 Å². The van der Waals surface area contributed by atoms with E-state index in [2.05, 4.69) is 41.7 Å². The first kappa shape index (κ1) is 13.6. The molecule has 0 aromatic carbocycles. The monoisotopic (exact) mass is 283 g/mol. The van der Waals surface area contributed by atoms with Gasteiger partial charge in [-0.25, -0.2) is 9.97 Å². The van der Waals surface area contributed by atoms with E-state index in [-0.39, 0.29) is 0 Å². The standard InChI is InChI=1S/C13H18ClN3S/c1-4-10-7-11-12(15-8-16-13(11)18-10)17(6-5-14)9(2)3/h7-9H,4-6H2,1-3H3. The fraction of sp³-hybridized carbons (Fsp3) is 0.538. The zero-order valence-electron chi connectivity index (χ0n) is 11.0. The summed E-state index contributed by atoms with van der Waals surface area (Å²) in [6.45, 7) is 7.29. The van der Waals surface area contributed by atoms with Crippen LogP contribution < -0.4 is 4.90 Å². The Bertz CT molecular complexity index is 524. The SMILES string of the molecule is CCc1cc2c(N(CCCl)C(C)C)ncnc2s1. The molecule has 0 spiro atoms. The molecule has 3 nitrogen and oxygen atoms in total. The first-order chi connectivity index (χ1) is 8.67. The number of anilines is 1. The van der Waals surface area contributed by atoms with Gasteiger partial charge >= 0.3 is 0 Å². The predicted octanol–water partition coefficient (Wildman–Crippen LogP) is 3.71. The van der Waals surface area contributed by atoms with Crippen molar-refractivity contribution in [1.82, 2.24) is 9.97 Å². The number of rotatable bonds is 5. The second kappa shape index (κ2) is 5.85. The summed E-state index contributed by atoms with van der Waals surface area (Å²) in [5, 5.41) is 1.15. The van der Waals surface area contributed by atoms with Gasteiger partial charge in [-0.3, -0.25) is 0 Å². The van der Waals surface area contributed by atoms with Gasteiger partial charge < -0.3 is 4.90 Å². The van der Waals surface area contributed by atoms with Crippen LogP contribution in [0.25, 0.3) is 10.2 Å². The molecule has 2 aromatic rings. The Morgan fingerprint density at radius 3 is 2.78 bits per heavy atom. The van der Waals surface area contributed by atoms with Crippen molar-refractivity contribution in [1.29, 1.82) is 0 Å². The summed E-state index contributed by atoms with van der Waals surface area (Å²) in [6.07, 6.45) is 2.69. The maximum absolute atomic E-state index is 5.89. The minimum atomic E-state index is 0.381. The molecule has 0 amide bonds. The van der Waals surface area contributed by atoms with Crippen molar-refractivity contribution in [2.45, 2.75) is 33.2 Å². The van der Waals surface area contributed by atoms with Crippen molar-refractivity contribution in [3.63, 3.8) is 0 Å². The van der Waals surface area contributed by atoms with Crippen molar-refractivity contribution in [3.8, 4) is 0 Å². The number of halogens is 1. The minimum absolute atomic E-state index is 0.381. The molecule has 0 aliphatic carbocycles. The predicted molar refractivity (Wildman–Crippen MR) is 80.0 cm³/mol. The van der Waals surface area contributed by atoms with Crippen LogP contribution in [0.2, 0.25) is 0 Å². The summed E-state index contributed by atoms with van der Waals surface area (Å²) in [5.74, 6) is 1.61. The third-order valence-corrected chi connectivity index (χ3v) is 4.29. The summed E-state index contributed by atoms with van der Waals surface area (Å²) < 4.78 is 0. The maximum atomic E-state index is 5.89. The molecule has 0 fully saturated rings. The summed E-state index contributed by atoms with van der Waals surface area (Å²) in [6, 6.07) is 2.59. The Hall–Kier alpha value is -0.870. The number of aryl methyl sites for hydroxylation is 1. The number of alkyl halides is 1. The molecule has 0 aliphatic rings. The van der Waals surface area contributed by atoms with E-state index < -0.39 is 0 Å². The second-order valence-electron chi connectivity index (χ2n) is 4.46. The molecule has 0 atom stereocenters. The topological polar surface area (TPSA) is 29.0 Å². The normalized spacial score (nSPS) is 11.4. The van der Waals surface area contributed by atoms with Crippen molar-refractivity contribution >= 4 is 39.0 Å². The molecule has 0 saturated heterocycles. The zero-order chi connectivity index (χ0) is 13.1. The molecule has 0 saturated carbocycles. The summed E-state index contributed by atoms with van der Waals surface area (Å²) in [5.41, 5.74) is 0. The lowest BCUT2D eigenvalue weighted by molar-refractivity contribution is 0.698. The first-order valence-electron chi connectivity index (χ1n) is 6.23. The van der Waals surface area contributed by atoms with Crippen molar-refractivity contribution in [2.24, 2.45) is 0 Å². The highest BCUT2D eigenvalue weighted by molar-refractivity contribution is 7.18. The second-order valence-corrected chi connectivity index (χ2v) is 5.95. The lowest BCUT2D eigenvalue weighted by Crippen LogP contribution is -2.33. The molecule has 98 valence electrons. The Morgan fingerprint density at radius 2 is 2.17 bits per heavy atom. The molecule has 2 heterocycles. The molecule has 0 radical (unpaired) electrons. The Balaban J connectivity index is 2.51. The van der Waals surface area contributed by atoms with Gasteiger partial charge in [0.2, 0.25) is 0 Å². The van der Waals surface area contributed by atoms with Gasteiger partial charge in [-0.1, -0.05) is 6.92 Å². The van der Waals surface area contributed by atoms with Gasteiger partial charge in [0.05, 0.1) is 5.39 Å². The van der Waals surface area contributed by atoms with Crippen LogP contribution in [0, 0.1) is 0 Å². The highest BCUT2D eigenvalue weighted by Gasteiger charge is 2.16. The molecule has 5 heteroatoms. The molecule has 2 rings (SSSR count). The fourth-order valence-corrected chi connectivity index (χ4v) is 3.11. The quantitative estimate of drug-likeness (QED) is 0.784. The van der Waals surface area contributed by atoms with Gasteiger partial charge in [-0.2, -0.15) is 0 Å². The number of hydrogen-bond acceptors (Lipinski definition) is 4. The average molecular weight is 284 g/mol. The lowest BCUT2D eigenvalue weighted by Gasteiger charge is -2.27. The largest absolute Gasteiger partial charge is 0.352 e. The van der Waals surface area contributed by atoms with Crippen molar-refractivity contribution in [2.75, 3.05) is 17.3 Å². The van der Waals surface area contributed by atoms with E-state index in [1.165, 1.54) is 4.88 Å². The fourth-order valence-electron chi connectivity index (χ4n) is 2.00. The minimum Gasteiger partial charge on any atom is -0.352 e. The molecular formula is C13H18ClN3S. The highest BCUT2D eigenvalue weighted by atomic mass is 35.5. The van der Waals surface area contributed by atoms with Crippen LogP contribution in [0.5, 0.6) is 0 Å². The van der Waals surface area contributed by atoms with Crippen LogP contribution in [0.3, 0.4) is 0 Å². The maximum Gasteiger partial charge on any atom is 0.141 e. The molecule has 0 bridgehead atoms. The Kier molecular flexibility index (Phi) is 4.40. The number of fused-ring (bicyclic) bond motifs is 1. The Labute approximate surface area is 117 Å².